The van der Waals surface area contributed by atoms with Gasteiger partial charge in [0.25, 0.3) is 0 Å². The van der Waals surface area contributed by atoms with Gasteiger partial charge in [0, 0.05) is 6.54 Å². The summed E-state index contributed by atoms with van der Waals surface area (Å²) in [6.45, 7) is 3.36. The predicted molar refractivity (Wildman–Crippen MR) is 73.4 cm³/mol. The molecule has 1 aromatic carbocycles. The van der Waals surface area contributed by atoms with Gasteiger partial charge < -0.3 is 11.1 Å². The molecule has 0 saturated carbocycles. The summed E-state index contributed by atoms with van der Waals surface area (Å²) in [4.78, 5) is 11.6. The monoisotopic (exact) mass is 310 g/mol. The van der Waals surface area contributed by atoms with E-state index in [1.807, 2.05) is 0 Å². The van der Waals surface area contributed by atoms with E-state index in [4.69, 9.17) is 5.73 Å². The van der Waals surface area contributed by atoms with E-state index in [-0.39, 0.29) is 30.4 Å². The van der Waals surface area contributed by atoms with E-state index >= 15 is 0 Å². The molecule has 0 saturated heterocycles. The van der Waals surface area contributed by atoms with Gasteiger partial charge in [0.05, 0.1) is 11.6 Å². The van der Waals surface area contributed by atoms with Gasteiger partial charge in [-0.1, -0.05) is 32.0 Å². The summed E-state index contributed by atoms with van der Waals surface area (Å²) in [5.41, 5.74) is 4.90. The number of amides is 1. The number of carbonyl (C=O) groups is 1. The molecule has 0 unspecified atom stereocenters. The molecule has 1 rings (SSSR count). The molecule has 0 aliphatic carbocycles. The lowest BCUT2D eigenvalue weighted by Gasteiger charge is -2.17. The Bertz CT molecular complexity index is 449. The standard InChI is InChI=1S/C13H17F3N2O.ClH/c1-8(2)11(17)12(19)18-7-9-5-3-4-6-10(9)13(14,15)16;/h3-6,8,11H,7,17H2,1-2H3,(H,18,19);1H/t11-;/m1./s1. The van der Waals surface area contributed by atoms with E-state index in [1.165, 1.54) is 18.2 Å². The Hall–Kier alpha value is -1.27. The van der Waals surface area contributed by atoms with Crippen LogP contribution in [0.3, 0.4) is 0 Å². The third kappa shape index (κ3) is 5.02. The molecule has 0 spiro atoms. The van der Waals surface area contributed by atoms with Crippen molar-refractivity contribution in [2.45, 2.75) is 32.6 Å². The summed E-state index contributed by atoms with van der Waals surface area (Å²) in [6, 6.07) is 4.42. The SMILES string of the molecule is CC(C)[C@@H](N)C(=O)NCc1ccccc1C(F)(F)F.Cl. The van der Waals surface area contributed by atoms with Gasteiger partial charge in [0.15, 0.2) is 0 Å². The smallest absolute Gasteiger partial charge is 0.351 e. The maximum atomic E-state index is 12.7. The van der Waals surface area contributed by atoms with E-state index in [0.29, 0.717) is 0 Å². The van der Waals surface area contributed by atoms with Gasteiger partial charge in [-0.15, -0.1) is 12.4 Å². The molecular weight excluding hydrogens is 293 g/mol. The highest BCUT2D eigenvalue weighted by Gasteiger charge is 2.32. The second-order valence-electron chi connectivity index (χ2n) is 4.64. The summed E-state index contributed by atoms with van der Waals surface area (Å²) < 4.78 is 38.2. The molecule has 0 radical (unpaired) electrons. The molecule has 0 fully saturated rings. The van der Waals surface area contributed by atoms with Crippen LogP contribution in [0.25, 0.3) is 0 Å². The zero-order valence-electron chi connectivity index (χ0n) is 11.2. The molecule has 3 nitrogen and oxygen atoms in total. The highest BCUT2D eigenvalue weighted by atomic mass is 35.5. The van der Waals surface area contributed by atoms with E-state index in [9.17, 15) is 18.0 Å². The quantitative estimate of drug-likeness (QED) is 0.898. The van der Waals surface area contributed by atoms with Crippen LogP contribution in [0.15, 0.2) is 24.3 Å². The third-order valence-corrected chi connectivity index (χ3v) is 2.80. The first-order chi connectivity index (χ1) is 8.73. The number of halogens is 4. The first kappa shape index (κ1) is 18.7. The van der Waals surface area contributed by atoms with Gasteiger partial charge in [-0.25, -0.2) is 0 Å². The summed E-state index contributed by atoms with van der Waals surface area (Å²) in [5, 5.41) is 2.43. The Kier molecular flexibility index (Phi) is 7.02. The van der Waals surface area contributed by atoms with Crippen molar-refractivity contribution in [3.05, 3.63) is 35.4 Å². The van der Waals surface area contributed by atoms with Gasteiger partial charge >= 0.3 is 6.18 Å². The van der Waals surface area contributed by atoms with Crippen LogP contribution in [0, 0.1) is 5.92 Å². The molecule has 0 heterocycles. The number of rotatable bonds is 4. The largest absolute Gasteiger partial charge is 0.416 e. The number of hydrogen-bond donors (Lipinski definition) is 2. The van der Waals surface area contributed by atoms with E-state index in [0.717, 1.165) is 6.07 Å². The fraction of sp³-hybridized carbons (Fsp3) is 0.462. The number of benzene rings is 1. The molecule has 1 aromatic rings. The van der Waals surface area contributed by atoms with Gasteiger partial charge in [-0.3, -0.25) is 4.79 Å². The lowest BCUT2D eigenvalue weighted by molar-refractivity contribution is -0.138. The minimum Gasteiger partial charge on any atom is -0.351 e. The Morgan fingerprint density at radius 1 is 1.30 bits per heavy atom. The lowest BCUT2D eigenvalue weighted by atomic mass is 10.0. The first-order valence-electron chi connectivity index (χ1n) is 5.92. The van der Waals surface area contributed by atoms with Crippen molar-refractivity contribution >= 4 is 18.3 Å². The zero-order chi connectivity index (χ0) is 14.6. The number of nitrogens with two attached hydrogens (primary N) is 1. The van der Waals surface area contributed by atoms with E-state index in [1.54, 1.807) is 13.8 Å². The predicted octanol–water partition coefficient (Wildman–Crippen LogP) is 2.73. The van der Waals surface area contributed by atoms with Crippen molar-refractivity contribution in [3.63, 3.8) is 0 Å². The van der Waals surface area contributed by atoms with Gasteiger partial charge in [-0.05, 0) is 17.5 Å². The Balaban J connectivity index is 0.00000361. The summed E-state index contributed by atoms with van der Waals surface area (Å²) in [5.74, 6) is -0.523. The van der Waals surface area contributed by atoms with Crippen LogP contribution in [0.1, 0.15) is 25.0 Å². The highest BCUT2D eigenvalue weighted by molar-refractivity contribution is 5.85. The molecule has 1 atom stereocenters. The van der Waals surface area contributed by atoms with Crippen LogP contribution in [0.2, 0.25) is 0 Å². The second kappa shape index (κ2) is 7.50. The average molecular weight is 311 g/mol. The molecule has 0 aromatic heterocycles. The van der Waals surface area contributed by atoms with Crippen LogP contribution >= 0.6 is 12.4 Å². The lowest BCUT2D eigenvalue weighted by Crippen LogP contribution is -2.43. The molecule has 114 valence electrons. The highest BCUT2D eigenvalue weighted by Crippen LogP contribution is 2.31. The van der Waals surface area contributed by atoms with Crippen molar-refractivity contribution in [1.82, 2.24) is 5.32 Å². The number of nitrogens with one attached hydrogen (secondary N) is 1. The normalized spacial score (nSPS) is 12.8. The molecule has 1 amide bonds. The molecule has 20 heavy (non-hydrogen) atoms. The van der Waals surface area contributed by atoms with Crippen LogP contribution in [-0.4, -0.2) is 11.9 Å². The van der Waals surface area contributed by atoms with Gasteiger partial charge in [-0.2, -0.15) is 13.2 Å². The number of alkyl halides is 3. The topological polar surface area (TPSA) is 55.1 Å². The summed E-state index contributed by atoms with van der Waals surface area (Å²) in [6.07, 6.45) is -4.43. The molecule has 0 aliphatic rings. The fourth-order valence-electron chi connectivity index (χ4n) is 1.55. The van der Waals surface area contributed by atoms with Crippen molar-refractivity contribution in [3.8, 4) is 0 Å². The Labute approximate surface area is 122 Å². The van der Waals surface area contributed by atoms with Crippen LogP contribution < -0.4 is 11.1 Å². The molecule has 3 N–H and O–H groups in total. The maximum Gasteiger partial charge on any atom is 0.416 e. The van der Waals surface area contributed by atoms with Crippen LogP contribution in [0.5, 0.6) is 0 Å². The molecule has 7 heteroatoms. The number of carbonyl (C=O) groups excluding carboxylic acids is 1. The van der Waals surface area contributed by atoms with Crippen molar-refractivity contribution < 1.29 is 18.0 Å². The average Bonchev–Trinajstić information content (AvgIpc) is 2.34. The minimum atomic E-state index is -4.43. The van der Waals surface area contributed by atoms with Crippen molar-refractivity contribution in [1.29, 1.82) is 0 Å². The minimum absolute atomic E-state index is 0. The van der Waals surface area contributed by atoms with Gasteiger partial charge in [0.1, 0.15) is 0 Å². The molecular formula is C13H18ClF3N2O. The Morgan fingerprint density at radius 3 is 2.35 bits per heavy atom. The first-order valence-corrected chi connectivity index (χ1v) is 5.92. The van der Waals surface area contributed by atoms with Crippen LogP contribution in [-0.2, 0) is 17.5 Å². The summed E-state index contributed by atoms with van der Waals surface area (Å²) >= 11 is 0. The van der Waals surface area contributed by atoms with Crippen molar-refractivity contribution in [2.24, 2.45) is 11.7 Å². The van der Waals surface area contributed by atoms with E-state index in [2.05, 4.69) is 5.32 Å². The summed E-state index contributed by atoms with van der Waals surface area (Å²) in [7, 11) is 0. The zero-order valence-corrected chi connectivity index (χ0v) is 12.0. The van der Waals surface area contributed by atoms with Crippen molar-refractivity contribution in [2.75, 3.05) is 0 Å². The third-order valence-electron chi connectivity index (χ3n) is 2.80. The van der Waals surface area contributed by atoms with Gasteiger partial charge in [0.2, 0.25) is 5.91 Å². The fourth-order valence-corrected chi connectivity index (χ4v) is 1.55. The molecule has 0 bridgehead atoms. The van der Waals surface area contributed by atoms with E-state index < -0.39 is 23.7 Å². The Morgan fingerprint density at radius 2 is 1.85 bits per heavy atom. The maximum absolute atomic E-state index is 12.7. The second-order valence-corrected chi connectivity index (χ2v) is 4.64. The molecule has 0 aliphatic heterocycles. The number of hydrogen-bond acceptors (Lipinski definition) is 2. The van der Waals surface area contributed by atoms with Crippen LogP contribution in [0.4, 0.5) is 13.2 Å².